The van der Waals surface area contributed by atoms with E-state index in [0.717, 1.165) is 0 Å². The topological polar surface area (TPSA) is 55.8 Å². The number of carbonyl (C=O) groups excluding carboxylic acids is 2. The van der Waals surface area contributed by atoms with E-state index in [2.05, 4.69) is 0 Å². The second-order valence-electron chi connectivity index (χ2n) is 4.13. The number of amides is 1. The summed E-state index contributed by atoms with van der Waals surface area (Å²) in [6.07, 6.45) is 3.54. The number of hydrogen-bond acceptors (Lipinski definition) is 4. The molecule has 5 nitrogen and oxygen atoms in total. The molecule has 0 N–H and O–H groups in total. The van der Waals surface area contributed by atoms with Crippen molar-refractivity contribution in [3.8, 4) is 0 Å². The van der Waals surface area contributed by atoms with Crippen LogP contribution >= 0.6 is 0 Å². The number of nitrogens with zero attached hydrogens (tertiary/aromatic N) is 1. The van der Waals surface area contributed by atoms with Gasteiger partial charge in [-0.1, -0.05) is 12.2 Å². The van der Waals surface area contributed by atoms with Crippen LogP contribution in [0.5, 0.6) is 0 Å². The Kier molecular flexibility index (Phi) is 3.36. The lowest BCUT2D eigenvalue weighted by Crippen LogP contribution is -2.37. The zero-order chi connectivity index (χ0) is 12.4. The fraction of sp³-hybridized carbons (Fsp3) is 0.667. The molecule has 1 saturated carbocycles. The van der Waals surface area contributed by atoms with Crippen molar-refractivity contribution >= 4 is 12.1 Å². The minimum Gasteiger partial charge on any atom is -0.466 e. The third kappa shape index (κ3) is 2.14. The Morgan fingerprint density at radius 3 is 2.65 bits per heavy atom. The molecule has 1 fully saturated rings. The van der Waals surface area contributed by atoms with E-state index in [4.69, 9.17) is 9.47 Å². The van der Waals surface area contributed by atoms with E-state index < -0.39 is 0 Å². The van der Waals surface area contributed by atoms with Crippen LogP contribution in [0.2, 0.25) is 0 Å². The summed E-state index contributed by atoms with van der Waals surface area (Å²) < 4.78 is 9.96. The molecule has 0 aromatic carbocycles. The predicted molar refractivity (Wildman–Crippen MR) is 60.3 cm³/mol. The highest BCUT2D eigenvalue weighted by Gasteiger charge is 2.60. The van der Waals surface area contributed by atoms with Crippen molar-refractivity contribution in [1.82, 2.24) is 4.90 Å². The zero-order valence-corrected chi connectivity index (χ0v) is 10.1. The highest BCUT2D eigenvalue weighted by molar-refractivity contribution is 5.81. The molecule has 0 bridgehead atoms. The lowest BCUT2D eigenvalue weighted by molar-refractivity contribution is -0.145. The van der Waals surface area contributed by atoms with E-state index in [1.807, 2.05) is 12.2 Å². The van der Waals surface area contributed by atoms with Gasteiger partial charge in [0.2, 0.25) is 0 Å². The van der Waals surface area contributed by atoms with Gasteiger partial charge >= 0.3 is 12.1 Å². The Bertz CT molecular complexity index is 352. The maximum absolute atomic E-state index is 11.7. The van der Waals surface area contributed by atoms with Crippen molar-refractivity contribution in [3.63, 3.8) is 0 Å². The van der Waals surface area contributed by atoms with Crippen molar-refractivity contribution in [3.05, 3.63) is 12.2 Å². The Morgan fingerprint density at radius 1 is 1.29 bits per heavy atom. The first-order valence-corrected chi connectivity index (χ1v) is 5.97. The van der Waals surface area contributed by atoms with Gasteiger partial charge in [0, 0.05) is 12.5 Å². The Balaban J connectivity index is 2.01. The average molecular weight is 239 g/mol. The molecule has 0 radical (unpaired) electrons. The van der Waals surface area contributed by atoms with Crippen molar-refractivity contribution < 1.29 is 19.1 Å². The molecule has 0 unspecified atom stereocenters. The molecule has 0 spiro atoms. The number of rotatable bonds is 3. The molecule has 2 aliphatic rings. The lowest BCUT2D eigenvalue weighted by atomic mass is 10.2. The van der Waals surface area contributed by atoms with Gasteiger partial charge in [0.05, 0.1) is 25.2 Å². The molecule has 5 heteroatoms. The Morgan fingerprint density at radius 2 is 2.00 bits per heavy atom. The fourth-order valence-corrected chi connectivity index (χ4v) is 2.34. The molecule has 0 aromatic rings. The molecule has 1 aliphatic carbocycles. The molecule has 1 aliphatic heterocycles. The van der Waals surface area contributed by atoms with E-state index in [1.54, 1.807) is 18.7 Å². The van der Waals surface area contributed by atoms with Gasteiger partial charge in [0.25, 0.3) is 0 Å². The maximum atomic E-state index is 11.7. The first-order valence-electron chi connectivity index (χ1n) is 5.97. The zero-order valence-electron chi connectivity index (χ0n) is 10.1. The molecule has 1 heterocycles. The number of carbonyl (C=O) groups is 2. The summed E-state index contributed by atoms with van der Waals surface area (Å²) in [5.41, 5.74) is 0. The molecular formula is C12H17NO4. The quantitative estimate of drug-likeness (QED) is 0.548. The summed E-state index contributed by atoms with van der Waals surface area (Å²) in [6.45, 7) is 4.78. The molecule has 1 amide bonds. The second-order valence-corrected chi connectivity index (χ2v) is 4.13. The lowest BCUT2D eigenvalue weighted by Gasteiger charge is -2.22. The molecule has 94 valence electrons. The summed E-state index contributed by atoms with van der Waals surface area (Å²) in [4.78, 5) is 24.9. The third-order valence-corrected chi connectivity index (χ3v) is 3.12. The maximum Gasteiger partial charge on any atom is 0.410 e. The number of hydrogen-bond donors (Lipinski definition) is 0. The van der Waals surface area contributed by atoms with E-state index in [0.29, 0.717) is 19.8 Å². The van der Waals surface area contributed by atoms with E-state index in [1.165, 1.54) is 0 Å². The monoisotopic (exact) mass is 239 g/mol. The van der Waals surface area contributed by atoms with Crippen LogP contribution in [0.15, 0.2) is 12.2 Å². The van der Waals surface area contributed by atoms with Gasteiger partial charge in [-0.05, 0) is 13.8 Å². The highest BCUT2D eigenvalue weighted by atomic mass is 16.6. The van der Waals surface area contributed by atoms with Crippen LogP contribution in [-0.2, 0) is 14.3 Å². The second kappa shape index (κ2) is 4.77. The minimum absolute atomic E-state index is 0.0712. The fourth-order valence-electron chi connectivity index (χ4n) is 2.34. The number of esters is 1. The van der Waals surface area contributed by atoms with Crippen LogP contribution in [0, 0.1) is 11.8 Å². The molecule has 3 atom stereocenters. The molecular weight excluding hydrogens is 222 g/mol. The van der Waals surface area contributed by atoms with Gasteiger partial charge in [-0.25, -0.2) is 4.79 Å². The molecule has 0 saturated heterocycles. The van der Waals surface area contributed by atoms with Gasteiger partial charge in [-0.2, -0.15) is 0 Å². The van der Waals surface area contributed by atoms with Crippen LogP contribution in [0.25, 0.3) is 0 Å². The normalized spacial score (nSPS) is 29.5. The first kappa shape index (κ1) is 12.0. The summed E-state index contributed by atoms with van der Waals surface area (Å²) in [5.74, 6) is -0.325. The minimum atomic E-state index is -0.348. The van der Waals surface area contributed by atoms with Crippen LogP contribution in [0.3, 0.4) is 0 Å². The van der Waals surface area contributed by atoms with Gasteiger partial charge < -0.3 is 14.4 Å². The summed E-state index contributed by atoms with van der Waals surface area (Å²) in [6, 6.07) is -0.0712. The molecule has 0 aromatic heterocycles. The van der Waals surface area contributed by atoms with Crippen LogP contribution < -0.4 is 0 Å². The first-order chi connectivity index (χ1) is 8.20. The largest absolute Gasteiger partial charge is 0.466 e. The average Bonchev–Trinajstić information content (AvgIpc) is 3.03. The third-order valence-electron chi connectivity index (χ3n) is 3.12. The standard InChI is InChI=1S/C12H17NO4/c1-3-16-11(14)9-8-6-5-7-13(10(8)9)12(15)17-4-2/h5-6,8-10H,3-4,7H2,1-2H3/t8-,9-,10-/m1/s1. The SMILES string of the molecule is CCOC(=O)[C@@H]1[C@H]2C=CCN(C(=O)OCC)[C@H]21. The van der Waals surface area contributed by atoms with Gasteiger partial charge in [0.15, 0.2) is 0 Å². The molecule has 2 rings (SSSR count). The van der Waals surface area contributed by atoms with Crippen molar-refractivity contribution in [1.29, 1.82) is 0 Å². The van der Waals surface area contributed by atoms with E-state index in [9.17, 15) is 9.59 Å². The van der Waals surface area contributed by atoms with Crippen LogP contribution in [-0.4, -0.2) is 42.8 Å². The van der Waals surface area contributed by atoms with E-state index >= 15 is 0 Å². The highest BCUT2D eigenvalue weighted by Crippen LogP contribution is 2.47. The summed E-state index contributed by atoms with van der Waals surface area (Å²) in [7, 11) is 0. The van der Waals surface area contributed by atoms with Gasteiger partial charge in [-0.15, -0.1) is 0 Å². The Labute approximate surface area is 100 Å². The van der Waals surface area contributed by atoms with Gasteiger partial charge in [-0.3, -0.25) is 4.79 Å². The van der Waals surface area contributed by atoms with Crippen LogP contribution in [0.4, 0.5) is 4.79 Å². The van der Waals surface area contributed by atoms with Crippen molar-refractivity contribution in [2.75, 3.05) is 19.8 Å². The van der Waals surface area contributed by atoms with Gasteiger partial charge in [0.1, 0.15) is 0 Å². The number of ether oxygens (including phenoxy) is 2. The summed E-state index contributed by atoms with van der Waals surface area (Å²) >= 11 is 0. The predicted octanol–water partition coefficient (Wildman–Crippen LogP) is 1.19. The smallest absolute Gasteiger partial charge is 0.410 e. The van der Waals surface area contributed by atoms with Crippen LogP contribution in [0.1, 0.15) is 13.8 Å². The number of fused-ring (bicyclic) bond motifs is 1. The Hall–Kier alpha value is -1.52. The molecule has 17 heavy (non-hydrogen) atoms. The van der Waals surface area contributed by atoms with E-state index in [-0.39, 0.29) is 29.9 Å². The summed E-state index contributed by atoms with van der Waals surface area (Å²) in [5, 5.41) is 0. The van der Waals surface area contributed by atoms with Crippen molar-refractivity contribution in [2.45, 2.75) is 19.9 Å². The van der Waals surface area contributed by atoms with Crippen molar-refractivity contribution in [2.24, 2.45) is 11.8 Å².